The van der Waals surface area contributed by atoms with Gasteiger partial charge in [0.15, 0.2) is 0 Å². The highest BCUT2D eigenvalue weighted by Gasteiger charge is 2.16. The third kappa shape index (κ3) is 2.73. The number of nitrogens with two attached hydrogens (primary N) is 1. The molecule has 0 amide bonds. The average Bonchev–Trinajstić information content (AvgIpc) is 2.39. The third-order valence-corrected chi connectivity index (χ3v) is 3.23. The molecule has 94 valence electrons. The van der Waals surface area contributed by atoms with Gasteiger partial charge in [-0.2, -0.15) is 0 Å². The number of aliphatic hydroxyl groups excluding tert-OH is 1. The smallest absolute Gasteiger partial charge is 0.225 e. The highest BCUT2D eigenvalue weighted by atomic mass is 16.3. The van der Waals surface area contributed by atoms with Crippen LogP contribution in [0.15, 0.2) is 6.20 Å². The summed E-state index contributed by atoms with van der Waals surface area (Å²) < 4.78 is 0. The maximum Gasteiger partial charge on any atom is 0.225 e. The summed E-state index contributed by atoms with van der Waals surface area (Å²) in [5, 5.41) is 9.69. The van der Waals surface area contributed by atoms with Gasteiger partial charge in [0, 0.05) is 37.1 Å². The molecule has 1 aliphatic rings. The van der Waals surface area contributed by atoms with Gasteiger partial charge in [0.2, 0.25) is 5.95 Å². The fourth-order valence-corrected chi connectivity index (χ4v) is 2.16. The van der Waals surface area contributed by atoms with Crippen LogP contribution in [0.2, 0.25) is 0 Å². The first kappa shape index (κ1) is 12.3. The monoisotopic (exact) mass is 236 g/mol. The molecule has 0 bridgehead atoms. The average molecular weight is 236 g/mol. The van der Waals surface area contributed by atoms with Crippen LogP contribution in [0.1, 0.15) is 36.6 Å². The second-order valence-corrected chi connectivity index (χ2v) is 4.51. The van der Waals surface area contributed by atoms with E-state index in [4.69, 9.17) is 5.73 Å². The minimum Gasteiger partial charge on any atom is -0.387 e. The molecule has 1 aliphatic heterocycles. The minimum atomic E-state index is -0.662. The van der Waals surface area contributed by atoms with Crippen molar-refractivity contribution in [2.75, 3.05) is 24.5 Å². The van der Waals surface area contributed by atoms with Crippen LogP contribution >= 0.6 is 0 Å². The van der Waals surface area contributed by atoms with Crippen molar-refractivity contribution in [1.29, 1.82) is 0 Å². The lowest BCUT2D eigenvalue weighted by atomic mass is 10.1. The van der Waals surface area contributed by atoms with Crippen molar-refractivity contribution < 1.29 is 5.11 Å². The number of aromatic nitrogens is 2. The number of nitrogens with zero attached hydrogens (tertiary/aromatic N) is 3. The van der Waals surface area contributed by atoms with Gasteiger partial charge in [0.25, 0.3) is 0 Å². The molecule has 1 fully saturated rings. The highest BCUT2D eigenvalue weighted by Crippen LogP contribution is 2.19. The molecule has 0 radical (unpaired) electrons. The Kier molecular flexibility index (Phi) is 3.91. The van der Waals surface area contributed by atoms with Gasteiger partial charge in [0.1, 0.15) is 0 Å². The summed E-state index contributed by atoms with van der Waals surface area (Å²) in [5.41, 5.74) is 6.99. The SMILES string of the molecule is Cc1nc(N2CCCCC2)ncc1C(O)CN. The van der Waals surface area contributed by atoms with E-state index in [1.54, 1.807) is 6.20 Å². The van der Waals surface area contributed by atoms with Crippen LogP contribution in [0.5, 0.6) is 0 Å². The van der Waals surface area contributed by atoms with Gasteiger partial charge >= 0.3 is 0 Å². The Morgan fingerprint density at radius 3 is 2.71 bits per heavy atom. The number of hydrogen-bond donors (Lipinski definition) is 2. The largest absolute Gasteiger partial charge is 0.387 e. The van der Waals surface area contributed by atoms with Crippen LogP contribution in [0.4, 0.5) is 5.95 Å². The Morgan fingerprint density at radius 1 is 1.41 bits per heavy atom. The highest BCUT2D eigenvalue weighted by molar-refractivity contribution is 5.34. The third-order valence-electron chi connectivity index (χ3n) is 3.23. The van der Waals surface area contributed by atoms with Gasteiger partial charge in [-0.05, 0) is 26.2 Å². The van der Waals surface area contributed by atoms with Crippen molar-refractivity contribution >= 4 is 5.95 Å². The van der Waals surface area contributed by atoms with Crippen molar-refractivity contribution in [2.45, 2.75) is 32.3 Å². The van der Waals surface area contributed by atoms with Crippen molar-refractivity contribution in [1.82, 2.24) is 9.97 Å². The molecular weight excluding hydrogens is 216 g/mol. The summed E-state index contributed by atoms with van der Waals surface area (Å²) in [6.45, 7) is 4.15. The minimum absolute atomic E-state index is 0.202. The van der Waals surface area contributed by atoms with Gasteiger partial charge < -0.3 is 15.7 Å². The van der Waals surface area contributed by atoms with E-state index in [0.717, 1.165) is 30.3 Å². The maximum atomic E-state index is 9.69. The topological polar surface area (TPSA) is 75.3 Å². The standard InChI is InChI=1S/C12H20N4O/c1-9-10(11(17)7-13)8-14-12(15-9)16-5-3-2-4-6-16/h8,11,17H,2-7,13H2,1H3. The van der Waals surface area contributed by atoms with Crippen molar-refractivity contribution in [2.24, 2.45) is 5.73 Å². The molecule has 1 atom stereocenters. The van der Waals surface area contributed by atoms with Crippen molar-refractivity contribution in [3.8, 4) is 0 Å². The summed E-state index contributed by atoms with van der Waals surface area (Å²) in [7, 11) is 0. The first-order valence-electron chi connectivity index (χ1n) is 6.19. The number of rotatable bonds is 3. The number of anilines is 1. The molecule has 1 aromatic heterocycles. The quantitative estimate of drug-likeness (QED) is 0.810. The fraction of sp³-hybridized carbons (Fsp3) is 0.667. The summed E-state index contributed by atoms with van der Waals surface area (Å²) in [6.07, 6.45) is 4.74. The summed E-state index contributed by atoms with van der Waals surface area (Å²) in [5.74, 6) is 0.773. The molecule has 0 aliphatic carbocycles. The van der Waals surface area contributed by atoms with Crippen LogP contribution < -0.4 is 10.6 Å². The summed E-state index contributed by atoms with van der Waals surface area (Å²) in [4.78, 5) is 11.0. The van der Waals surface area contributed by atoms with E-state index >= 15 is 0 Å². The van der Waals surface area contributed by atoms with Gasteiger partial charge in [-0.3, -0.25) is 0 Å². The molecule has 2 heterocycles. The van der Waals surface area contributed by atoms with Crippen LogP contribution in [0.25, 0.3) is 0 Å². The number of aryl methyl sites for hydroxylation is 1. The second kappa shape index (κ2) is 5.42. The molecule has 0 spiro atoms. The summed E-state index contributed by atoms with van der Waals surface area (Å²) in [6, 6.07) is 0. The lowest BCUT2D eigenvalue weighted by Crippen LogP contribution is -2.31. The Balaban J connectivity index is 2.17. The lowest BCUT2D eigenvalue weighted by Gasteiger charge is -2.27. The van der Waals surface area contributed by atoms with Crippen molar-refractivity contribution in [3.05, 3.63) is 17.5 Å². The lowest BCUT2D eigenvalue weighted by molar-refractivity contribution is 0.185. The molecule has 0 saturated carbocycles. The van der Waals surface area contributed by atoms with E-state index in [1.165, 1.54) is 19.3 Å². The molecule has 1 saturated heterocycles. The Hall–Kier alpha value is -1.20. The number of aliphatic hydroxyl groups is 1. The molecule has 3 N–H and O–H groups in total. The van der Waals surface area contributed by atoms with Crippen LogP contribution in [-0.4, -0.2) is 34.7 Å². The molecule has 1 unspecified atom stereocenters. The Bertz CT molecular complexity index is 377. The predicted octanol–water partition coefficient (Wildman–Crippen LogP) is 0.767. The zero-order valence-electron chi connectivity index (χ0n) is 10.3. The normalized spacial score (nSPS) is 18.2. The van der Waals surface area contributed by atoms with Crippen LogP contribution in [-0.2, 0) is 0 Å². The Labute approximate surface area is 102 Å². The molecular formula is C12H20N4O. The summed E-state index contributed by atoms with van der Waals surface area (Å²) >= 11 is 0. The Morgan fingerprint density at radius 2 is 2.12 bits per heavy atom. The fourth-order valence-electron chi connectivity index (χ4n) is 2.16. The first-order valence-corrected chi connectivity index (χ1v) is 6.19. The van der Waals surface area contributed by atoms with Crippen LogP contribution in [0.3, 0.4) is 0 Å². The van der Waals surface area contributed by atoms with Crippen molar-refractivity contribution in [3.63, 3.8) is 0 Å². The van der Waals surface area contributed by atoms with Gasteiger partial charge in [-0.15, -0.1) is 0 Å². The second-order valence-electron chi connectivity index (χ2n) is 4.51. The molecule has 1 aromatic rings. The van der Waals surface area contributed by atoms with E-state index in [1.807, 2.05) is 6.92 Å². The molecule has 5 nitrogen and oxygen atoms in total. The van der Waals surface area contributed by atoms with E-state index in [0.29, 0.717) is 0 Å². The molecule has 17 heavy (non-hydrogen) atoms. The van der Waals surface area contributed by atoms with E-state index in [-0.39, 0.29) is 6.54 Å². The van der Waals surface area contributed by atoms with Gasteiger partial charge in [-0.1, -0.05) is 0 Å². The molecule has 5 heteroatoms. The zero-order valence-corrected chi connectivity index (χ0v) is 10.3. The van der Waals surface area contributed by atoms with E-state index < -0.39 is 6.10 Å². The van der Waals surface area contributed by atoms with Gasteiger partial charge in [-0.25, -0.2) is 9.97 Å². The van der Waals surface area contributed by atoms with Gasteiger partial charge in [0.05, 0.1) is 6.10 Å². The van der Waals surface area contributed by atoms with Crippen LogP contribution in [0, 0.1) is 6.92 Å². The molecule has 2 rings (SSSR count). The molecule has 0 aromatic carbocycles. The van der Waals surface area contributed by atoms with E-state index in [9.17, 15) is 5.11 Å². The number of hydrogen-bond acceptors (Lipinski definition) is 5. The predicted molar refractivity (Wildman–Crippen MR) is 66.8 cm³/mol. The first-order chi connectivity index (χ1) is 8.22. The number of piperidine rings is 1. The van der Waals surface area contributed by atoms with E-state index in [2.05, 4.69) is 14.9 Å². The maximum absolute atomic E-state index is 9.69. The zero-order chi connectivity index (χ0) is 12.3.